The lowest BCUT2D eigenvalue weighted by Crippen LogP contribution is -2.27. The summed E-state index contributed by atoms with van der Waals surface area (Å²) in [5.74, 6) is 1.21. The van der Waals surface area contributed by atoms with Gasteiger partial charge in [0.1, 0.15) is 6.61 Å². The van der Waals surface area contributed by atoms with E-state index in [0.29, 0.717) is 10.7 Å². The largest absolute Gasteiger partial charge is 0.411 e. The van der Waals surface area contributed by atoms with Crippen LogP contribution in [0.15, 0.2) is 0 Å². The van der Waals surface area contributed by atoms with Crippen molar-refractivity contribution in [2.45, 2.75) is 56.5 Å². The lowest BCUT2D eigenvalue weighted by atomic mass is 9.78. The molecular formula is C13H22BrF3O. The molecule has 0 aromatic rings. The highest BCUT2D eigenvalue weighted by atomic mass is 79.9. The molecule has 0 spiro atoms. The Balaban J connectivity index is 2.22. The summed E-state index contributed by atoms with van der Waals surface area (Å²) in [6.07, 6.45) is 2.45. The van der Waals surface area contributed by atoms with Crippen molar-refractivity contribution in [1.82, 2.24) is 0 Å². The van der Waals surface area contributed by atoms with Gasteiger partial charge in [-0.15, -0.1) is 0 Å². The molecule has 108 valence electrons. The first-order chi connectivity index (χ1) is 8.42. The zero-order valence-corrected chi connectivity index (χ0v) is 12.4. The van der Waals surface area contributed by atoms with Crippen LogP contribution in [0.1, 0.15) is 45.4 Å². The third kappa shape index (κ3) is 6.41. The van der Waals surface area contributed by atoms with E-state index in [0.717, 1.165) is 25.2 Å². The molecule has 0 amide bonds. The van der Waals surface area contributed by atoms with E-state index < -0.39 is 12.8 Å². The van der Waals surface area contributed by atoms with Crippen LogP contribution in [0.25, 0.3) is 0 Å². The average Bonchev–Trinajstić information content (AvgIpc) is 2.27. The Morgan fingerprint density at radius 2 is 1.94 bits per heavy atom. The van der Waals surface area contributed by atoms with Gasteiger partial charge in [0.05, 0.1) is 0 Å². The van der Waals surface area contributed by atoms with E-state index >= 15 is 0 Å². The summed E-state index contributed by atoms with van der Waals surface area (Å²) >= 11 is 3.65. The third-order valence-corrected chi connectivity index (χ3v) is 4.80. The van der Waals surface area contributed by atoms with Crippen molar-refractivity contribution in [2.24, 2.45) is 11.8 Å². The average molecular weight is 331 g/mol. The van der Waals surface area contributed by atoms with Crippen molar-refractivity contribution < 1.29 is 17.9 Å². The van der Waals surface area contributed by atoms with E-state index in [4.69, 9.17) is 4.74 Å². The second-order valence-electron chi connectivity index (χ2n) is 5.20. The first-order valence-corrected chi connectivity index (χ1v) is 7.62. The lowest BCUT2D eigenvalue weighted by Gasteiger charge is -2.33. The van der Waals surface area contributed by atoms with Crippen molar-refractivity contribution in [2.75, 3.05) is 13.2 Å². The van der Waals surface area contributed by atoms with E-state index in [1.807, 2.05) is 0 Å². The minimum absolute atomic E-state index is 0.213. The van der Waals surface area contributed by atoms with Gasteiger partial charge in [0.25, 0.3) is 0 Å². The molecular weight excluding hydrogens is 309 g/mol. The molecule has 0 bridgehead atoms. The number of hydrogen-bond donors (Lipinski definition) is 0. The molecule has 1 aliphatic carbocycles. The van der Waals surface area contributed by atoms with Crippen LogP contribution in [0.5, 0.6) is 0 Å². The van der Waals surface area contributed by atoms with Crippen LogP contribution in [0, 0.1) is 11.8 Å². The highest BCUT2D eigenvalue weighted by Crippen LogP contribution is 2.37. The van der Waals surface area contributed by atoms with Crippen LogP contribution in [-0.4, -0.2) is 24.2 Å². The molecule has 1 fully saturated rings. The molecule has 0 aromatic heterocycles. The zero-order valence-electron chi connectivity index (χ0n) is 10.8. The van der Waals surface area contributed by atoms with Gasteiger partial charge in [-0.1, -0.05) is 35.7 Å². The fourth-order valence-corrected chi connectivity index (χ4v) is 3.46. The Kier molecular flexibility index (Phi) is 6.99. The van der Waals surface area contributed by atoms with E-state index in [-0.39, 0.29) is 6.61 Å². The fourth-order valence-electron chi connectivity index (χ4n) is 2.72. The van der Waals surface area contributed by atoms with Crippen LogP contribution in [0.4, 0.5) is 13.2 Å². The minimum atomic E-state index is -4.20. The molecule has 0 radical (unpaired) electrons. The molecule has 1 rings (SSSR count). The van der Waals surface area contributed by atoms with E-state index in [1.54, 1.807) is 0 Å². The normalized spacial score (nSPS) is 29.5. The van der Waals surface area contributed by atoms with Crippen molar-refractivity contribution in [3.63, 3.8) is 0 Å². The standard InChI is InChI=1S/C13H22BrF3O/c1-2-3-10-4-5-12(14)11(8-10)6-7-18-9-13(15,16)17/h10-12H,2-9H2,1H3. The monoisotopic (exact) mass is 330 g/mol. The zero-order chi connectivity index (χ0) is 13.6. The fraction of sp³-hybridized carbons (Fsp3) is 1.00. The van der Waals surface area contributed by atoms with Crippen molar-refractivity contribution in [3.8, 4) is 0 Å². The Labute approximate surface area is 116 Å². The van der Waals surface area contributed by atoms with Crippen molar-refractivity contribution in [1.29, 1.82) is 0 Å². The van der Waals surface area contributed by atoms with Gasteiger partial charge < -0.3 is 4.74 Å². The van der Waals surface area contributed by atoms with Gasteiger partial charge in [-0.25, -0.2) is 0 Å². The molecule has 1 nitrogen and oxygen atoms in total. The molecule has 0 heterocycles. The Hall–Kier alpha value is 0.230. The second kappa shape index (κ2) is 7.73. The first kappa shape index (κ1) is 16.3. The van der Waals surface area contributed by atoms with Gasteiger partial charge in [0.15, 0.2) is 0 Å². The van der Waals surface area contributed by atoms with Crippen LogP contribution in [0.3, 0.4) is 0 Å². The first-order valence-electron chi connectivity index (χ1n) is 6.71. The number of ether oxygens (including phenoxy) is 1. The van der Waals surface area contributed by atoms with E-state index in [2.05, 4.69) is 22.9 Å². The number of rotatable bonds is 6. The molecule has 1 aliphatic rings. The summed E-state index contributed by atoms with van der Waals surface area (Å²) in [5, 5.41) is 0. The van der Waals surface area contributed by atoms with Gasteiger partial charge in [0, 0.05) is 11.4 Å². The SMILES string of the molecule is CCCC1CCC(Br)C(CCOCC(F)(F)F)C1. The molecule has 3 unspecified atom stereocenters. The summed E-state index contributed by atoms with van der Waals surface area (Å²) in [6, 6.07) is 0. The molecule has 0 N–H and O–H groups in total. The molecule has 0 aromatic carbocycles. The number of hydrogen-bond acceptors (Lipinski definition) is 1. The van der Waals surface area contributed by atoms with Crippen LogP contribution in [0.2, 0.25) is 0 Å². The summed E-state index contributed by atoms with van der Waals surface area (Å²) in [6.45, 7) is 1.28. The summed E-state index contributed by atoms with van der Waals surface area (Å²) in [7, 11) is 0. The molecule has 0 aliphatic heterocycles. The maximum Gasteiger partial charge on any atom is 0.411 e. The molecule has 5 heteroatoms. The smallest absolute Gasteiger partial charge is 0.372 e. The molecule has 1 saturated carbocycles. The minimum Gasteiger partial charge on any atom is -0.372 e. The number of alkyl halides is 4. The van der Waals surface area contributed by atoms with Gasteiger partial charge >= 0.3 is 6.18 Å². The summed E-state index contributed by atoms with van der Waals surface area (Å²) in [5.41, 5.74) is 0. The Bertz CT molecular complexity index is 233. The quantitative estimate of drug-likeness (QED) is 0.495. The van der Waals surface area contributed by atoms with E-state index in [9.17, 15) is 13.2 Å². The van der Waals surface area contributed by atoms with Crippen LogP contribution < -0.4 is 0 Å². The number of halogens is 4. The predicted molar refractivity (Wildman–Crippen MR) is 69.9 cm³/mol. The molecule has 0 saturated heterocycles. The Morgan fingerprint density at radius 3 is 2.56 bits per heavy atom. The van der Waals surface area contributed by atoms with Crippen molar-refractivity contribution >= 4 is 15.9 Å². The van der Waals surface area contributed by atoms with Crippen LogP contribution in [-0.2, 0) is 4.74 Å². The molecule has 18 heavy (non-hydrogen) atoms. The van der Waals surface area contributed by atoms with Gasteiger partial charge in [-0.3, -0.25) is 0 Å². The van der Waals surface area contributed by atoms with Crippen LogP contribution >= 0.6 is 15.9 Å². The second-order valence-corrected chi connectivity index (χ2v) is 6.38. The lowest BCUT2D eigenvalue weighted by molar-refractivity contribution is -0.174. The van der Waals surface area contributed by atoms with E-state index in [1.165, 1.54) is 19.3 Å². The topological polar surface area (TPSA) is 9.23 Å². The maximum absolute atomic E-state index is 11.9. The third-order valence-electron chi connectivity index (χ3n) is 3.59. The molecule has 3 atom stereocenters. The van der Waals surface area contributed by atoms with Gasteiger partial charge in [-0.05, 0) is 37.5 Å². The Morgan fingerprint density at radius 1 is 1.22 bits per heavy atom. The predicted octanol–water partition coefficient (Wildman–Crippen LogP) is 4.94. The highest BCUT2D eigenvalue weighted by Gasteiger charge is 2.30. The highest BCUT2D eigenvalue weighted by molar-refractivity contribution is 9.09. The van der Waals surface area contributed by atoms with Gasteiger partial charge in [-0.2, -0.15) is 13.2 Å². The summed E-state index contributed by atoms with van der Waals surface area (Å²) in [4.78, 5) is 0.445. The van der Waals surface area contributed by atoms with Crippen molar-refractivity contribution in [3.05, 3.63) is 0 Å². The van der Waals surface area contributed by atoms with Gasteiger partial charge in [0.2, 0.25) is 0 Å². The maximum atomic E-state index is 11.9. The summed E-state index contributed by atoms with van der Waals surface area (Å²) < 4.78 is 40.5.